The molecule has 0 saturated carbocycles. The molecule has 0 unspecified atom stereocenters. The van der Waals surface area contributed by atoms with E-state index in [1.165, 1.54) is 7.11 Å². The maximum absolute atomic E-state index is 11.8. The summed E-state index contributed by atoms with van der Waals surface area (Å²) in [6.07, 6.45) is 0.971. The van der Waals surface area contributed by atoms with E-state index in [0.717, 1.165) is 19.5 Å². The highest BCUT2D eigenvalue weighted by atomic mass is 16.5. The van der Waals surface area contributed by atoms with Crippen molar-refractivity contribution in [2.24, 2.45) is 0 Å². The van der Waals surface area contributed by atoms with Gasteiger partial charge in [0.15, 0.2) is 0 Å². The van der Waals surface area contributed by atoms with Crippen molar-refractivity contribution in [1.29, 1.82) is 0 Å². The van der Waals surface area contributed by atoms with E-state index in [9.17, 15) is 9.59 Å². The van der Waals surface area contributed by atoms with Gasteiger partial charge in [-0.3, -0.25) is 4.79 Å². The number of hydrogen-bond donors (Lipinski definition) is 2. The first kappa shape index (κ1) is 17.1. The third-order valence-corrected chi connectivity index (χ3v) is 2.85. The minimum atomic E-state index is -0.468. The summed E-state index contributed by atoms with van der Waals surface area (Å²) < 4.78 is 4.68. The first-order chi connectivity index (χ1) is 10.0. The Labute approximate surface area is 125 Å². The maximum Gasteiger partial charge on any atom is 0.339 e. The second kappa shape index (κ2) is 9.10. The molecule has 0 bridgehead atoms. The molecule has 0 aliphatic rings. The summed E-state index contributed by atoms with van der Waals surface area (Å²) in [4.78, 5) is 25.5. The molecule has 0 atom stereocenters. The first-order valence-corrected chi connectivity index (χ1v) is 6.87. The molecular formula is C15H23N3O3. The van der Waals surface area contributed by atoms with E-state index in [0.29, 0.717) is 11.3 Å². The van der Waals surface area contributed by atoms with Gasteiger partial charge in [0.05, 0.1) is 24.9 Å². The molecule has 6 nitrogen and oxygen atoms in total. The molecule has 21 heavy (non-hydrogen) atoms. The summed E-state index contributed by atoms with van der Waals surface area (Å²) in [7, 11) is 5.33. The van der Waals surface area contributed by atoms with Gasteiger partial charge < -0.3 is 20.3 Å². The van der Waals surface area contributed by atoms with Crippen LogP contribution in [-0.2, 0) is 9.53 Å². The highest BCUT2D eigenvalue weighted by molar-refractivity contribution is 6.01. The minimum absolute atomic E-state index is 0.184. The fourth-order valence-electron chi connectivity index (χ4n) is 1.80. The Hall–Kier alpha value is -1.92. The second-order valence-corrected chi connectivity index (χ2v) is 4.92. The van der Waals surface area contributed by atoms with Gasteiger partial charge in [-0.15, -0.1) is 0 Å². The number of carbonyl (C=O) groups excluding carboxylic acids is 2. The molecule has 0 radical (unpaired) electrons. The number of rotatable bonds is 8. The number of para-hydroxylation sites is 1. The van der Waals surface area contributed by atoms with Crippen molar-refractivity contribution in [2.45, 2.75) is 6.42 Å². The van der Waals surface area contributed by atoms with Crippen LogP contribution in [0.3, 0.4) is 0 Å². The highest BCUT2D eigenvalue weighted by Crippen LogP contribution is 2.15. The number of esters is 1. The van der Waals surface area contributed by atoms with Crippen LogP contribution in [0.4, 0.5) is 5.69 Å². The molecule has 0 heterocycles. The van der Waals surface area contributed by atoms with E-state index in [-0.39, 0.29) is 12.5 Å². The number of carbonyl (C=O) groups is 2. The van der Waals surface area contributed by atoms with Crippen LogP contribution in [-0.4, -0.2) is 57.6 Å². The zero-order chi connectivity index (χ0) is 15.7. The molecule has 0 spiro atoms. The van der Waals surface area contributed by atoms with Crippen LogP contribution in [0.5, 0.6) is 0 Å². The Balaban J connectivity index is 2.43. The van der Waals surface area contributed by atoms with E-state index in [1.807, 2.05) is 14.1 Å². The lowest BCUT2D eigenvalue weighted by Crippen LogP contribution is -2.30. The predicted octanol–water partition coefficient (Wildman–Crippen LogP) is 0.953. The Morgan fingerprint density at radius 2 is 1.95 bits per heavy atom. The molecule has 1 aromatic rings. The van der Waals surface area contributed by atoms with Crippen molar-refractivity contribution < 1.29 is 14.3 Å². The zero-order valence-corrected chi connectivity index (χ0v) is 12.8. The van der Waals surface area contributed by atoms with Crippen LogP contribution in [0.25, 0.3) is 0 Å². The van der Waals surface area contributed by atoms with Gasteiger partial charge >= 0.3 is 5.97 Å². The summed E-state index contributed by atoms with van der Waals surface area (Å²) in [5.74, 6) is -0.652. The molecule has 116 valence electrons. The summed E-state index contributed by atoms with van der Waals surface area (Å²) in [5, 5.41) is 5.78. The number of hydrogen-bond acceptors (Lipinski definition) is 5. The van der Waals surface area contributed by atoms with Crippen LogP contribution in [0.15, 0.2) is 24.3 Å². The van der Waals surface area contributed by atoms with Gasteiger partial charge in [-0.2, -0.15) is 0 Å². The van der Waals surface area contributed by atoms with Crippen molar-refractivity contribution in [1.82, 2.24) is 10.2 Å². The summed E-state index contributed by atoms with van der Waals surface area (Å²) in [6, 6.07) is 6.77. The van der Waals surface area contributed by atoms with Crippen molar-refractivity contribution >= 4 is 17.6 Å². The fourth-order valence-corrected chi connectivity index (χ4v) is 1.80. The highest BCUT2D eigenvalue weighted by Gasteiger charge is 2.12. The molecule has 1 aromatic carbocycles. The van der Waals surface area contributed by atoms with Gasteiger partial charge in [-0.05, 0) is 45.7 Å². The van der Waals surface area contributed by atoms with E-state index in [1.54, 1.807) is 24.3 Å². The number of amides is 1. The van der Waals surface area contributed by atoms with Crippen LogP contribution in [0.2, 0.25) is 0 Å². The first-order valence-electron chi connectivity index (χ1n) is 6.87. The zero-order valence-electron chi connectivity index (χ0n) is 12.8. The number of nitrogens with zero attached hydrogens (tertiary/aromatic N) is 1. The number of benzene rings is 1. The lowest BCUT2D eigenvalue weighted by molar-refractivity contribution is -0.115. The molecule has 0 aliphatic heterocycles. The smallest absolute Gasteiger partial charge is 0.339 e. The van der Waals surface area contributed by atoms with E-state index in [4.69, 9.17) is 0 Å². The largest absolute Gasteiger partial charge is 0.465 e. The SMILES string of the molecule is COC(=O)c1ccccc1NC(=O)CNCCCN(C)C. The van der Waals surface area contributed by atoms with Crippen molar-refractivity contribution in [3.63, 3.8) is 0 Å². The molecule has 0 fully saturated rings. The summed E-state index contributed by atoms with van der Waals surface area (Å²) >= 11 is 0. The molecule has 0 aliphatic carbocycles. The normalized spacial score (nSPS) is 10.5. The van der Waals surface area contributed by atoms with Crippen LogP contribution >= 0.6 is 0 Å². The Morgan fingerprint density at radius 1 is 1.24 bits per heavy atom. The van der Waals surface area contributed by atoms with E-state index < -0.39 is 5.97 Å². The Bertz CT molecular complexity index is 475. The molecular weight excluding hydrogens is 270 g/mol. The fraction of sp³-hybridized carbons (Fsp3) is 0.467. The lowest BCUT2D eigenvalue weighted by Gasteiger charge is -2.11. The predicted molar refractivity (Wildman–Crippen MR) is 82.5 cm³/mol. The van der Waals surface area contributed by atoms with Gasteiger partial charge in [0.2, 0.25) is 5.91 Å². The molecule has 0 aromatic heterocycles. The minimum Gasteiger partial charge on any atom is -0.465 e. The Morgan fingerprint density at radius 3 is 2.62 bits per heavy atom. The van der Waals surface area contributed by atoms with Gasteiger partial charge in [-0.25, -0.2) is 4.79 Å². The van der Waals surface area contributed by atoms with E-state index in [2.05, 4.69) is 20.3 Å². The average Bonchev–Trinajstić information content (AvgIpc) is 2.46. The number of anilines is 1. The van der Waals surface area contributed by atoms with Crippen molar-refractivity contribution in [3.05, 3.63) is 29.8 Å². The van der Waals surface area contributed by atoms with Crippen LogP contribution in [0.1, 0.15) is 16.8 Å². The summed E-state index contributed by atoms with van der Waals surface area (Å²) in [6.45, 7) is 1.95. The van der Waals surface area contributed by atoms with Gasteiger partial charge in [0.25, 0.3) is 0 Å². The van der Waals surface area contributed by atoms with Crippen LogP contribution in [0, 0.1) is 0 Å². The average molecular weight is 293 g/mol. The maximum atomic E-state index is 11.8. The monoisotopic (exact) mass is 293 g/mol. The van der Waals surface area contributed by atoms with Crippen molar-refractivity contribution in [3.8, 4) is 0 Å². The third-order valence-electron chi connectivity index (χ3n) is 2.85. The van der Waals surface area contributed by atoms with Crippen LogP contribution < -0.4 is 10.6 Å². The number of nitrogens with one attached hydrogen (secondary N) is 2. The number of ether oxygens (including phenoxy) is 1. The van der Waals surface area contributed by atoms with Gasteiger partial charge in [0.1, 0.15) is 0 Å². The second-order valence-electron chi connectivity index (χ2n) is 4.92. The standard InChI is InChI=1S/C15H23N3O3/c1-18(2)10-6-9-16-11-14(19)17-13-8-5-4-7-12(13)15(20)21-3/h4-5,7-8,16H,6,9-11H2,1-3H3,(H,17,19). The molecule has 0 saturated heterocycles. The molecule has 2 N–H and O–H groups in total. The van der Waals surface area contributed by atoms with Gasteiger partial charge in [0, 0.05) is 0 Å². The third kappa shape index (κ3) is 6.37. The lowest BCUT2D eigenvalue weighted by atomic mass is 10.2. The Kier molecular flexibility index (Phi) is 7.42. The summed E-state index contributed by atoms with van der Waals surface area (Å²) in [5.41, 5.74) is 0.811. The van der Waals surface area contributed by atoms with Gasteiger partial charge in [-0.1, -0.05) is 12.1 Å². The van der Waals surface area contributed by atoms with Crippen molar-refractivity contribution in [2.75, 3.05) is 46.2 Å². The molecule has 1 rings (SSSR count). The quantitative estimate of drug-likeness (QED) is 0.552. The van der Waals surface area contributed by atoms with E-state index >= 15 is 0 Å². The molecule has 6 heteroatoms. The number of methoxy groups -OCH3 is 1. The topological polar surface area (TPSA) is 70.7 Å². The molecule has 1 amide bonds.